The first kappa shape index (κ1) is 14.9. The number of rotatable bonds is 5. The third-order valence-corrected chi connectivity index (χ3v) is 5.01. The van der Waals surface area contributed by atoms with Gasteiger partial charge in [0, 0.05) is 10.6 Å². The Morgan fingerprint density at radius 1 is 1.45 bits per heavy atom. The molecule has 0 atom stereocenters. The number of H-pyrrole nitrogens is 1. The lowest BCUT2D eigenvalue weighted by atomic mass is 10.3. The summed E-state index contributed by atoms with van der Waals surface area (Å²) in [6, 6.07) is 7.09. The van der Waals surface area contributed by atoms with Gasteiger partial charge in [0.15, 0.2) is 0 Å². The van der Waals surface area contributed by atoms with Crippen LogP contribution in [0.25, 0.3) is 0 Å². The van der Waals surface area contributed by atoms with Crippen LogP contribution in [0.5, 0.6) is 0 Å². The molecule has 2 aromatic rings. The van der Waals surface area contributed by atoms with Crippen LogP contribution in [0.15, 0.2) is 34.1 Å². The Bertz CT molecular complexity index is 710. The highest BCUT2D eigenvalue weighted by atomic mass is 32.2. The number of aliphatic hydroxyl groups is 1. The Balaban J connectivity index is 2.38. The summed E-state index contributed by atoms with van der Waals surface area (Å²) in [5.74, 6) is 0. The number of aryl methyl sites for hydroxylation is 1. The van der Waals surface area contributed by atoms with Crippen LogP contribution in [-0.4, -0.2) is 30.0 Å². The molecule has 1 heterocycles. The number of hydrogen-bond acceptors (Lipinski definition) is 5. The highest BCUT2D eigenvalue weighted by molar-refractivity contribution is 7.98. The molecule has 20 heavy (non-hydrogen) atoms. The van der Waals surface area contributed by atoms with Gasteiger partial charge in [-0.25, -0.2) is 8.42 Å². The number of sulfonamides is 1. The molecule has 0 saturated heterocycles. The summed E-state index contributed by atoms with van der Waals surface area (Å²) < 4.78 is 27.2. The number of aliphatic hydroxyl groups excluding tert-OH is 1. The lowest BCUT2D eigenvalue weighted by Crippen LogP contribution is -2.15. The molecule has 0 saturated carbocycles. The molecule has 108 valence electrons. The largest absolute Gasteiger partial charge is 0.390 e. The standard InChI is InChI=1S/C12H15N3O3S2/c1-8-12(11(7-16)14-13-8)20(17,18)15-9-4-3-5-10(6-9)19-2/h3-6,15-16H,7H2,1-2H3,(H,13,14). The van der Waals surface area contributed by atoms with Crippen molar-refractivity contribution in [2.45, 2.75) is 23.3 Å². The second kappa shape index (κ2) is 5.86. The van der Waals surface area contributed by atoms with Crippen molar-refractivity contribution in [2.24, 2.45) is 0 Å². The molecule has 6 nitrogen and oxygen atoms in total. The molecular formula is C12H15N3O3S2. The van der Waals surface area contributed by atoms with Crippen LogP contribution in [0.3, 0.4) is 0 Å². The molecule has 0 unspecified atom stereocenters. The molecule has 0 spiro atoms. The minimum Gasteiger partial charge on any atom is -0.390 e. The van der Waals surface area contributed by atoms with Crippen LogP contribution >= 0.6 is 11.8 Å². The van der Waals surface area contributed by atoms with E-state index >= 15 is 0 Å². The van der Waals surface area contributed by atoms with Crippen molar-refractivity contribution < 1.29 is 13.5 Å². The molecule has 0 aliphatic carbocycles. The van der Waals surface area contributed by atoms with E-state index in [-0.39, 0.29) is 10.6 Å². The van der Waals surface area contributed by atoms with E-state index in [0.717, 1.165) is 4.90 Å². The van der Waals surface area contributed by atoms with Crippen LogP contribution in [0, 0.1) is 6.92 Å². The number of hydrogen-bond donors (Lipinski definition) is 3. The smallest absolute Gasteiger partial charge is 0.265 e. The van der Waals surface area contributed by atoms with Crippen LogP contribution < -0.4 is 4.72 Å². The van der Waals surface area contributed by atoms with E-state index < -0.39 is 16.6 Å². The maximum absolute atomic E-state index is 12.4. The topological polar surface area (TPSA) is 95.1 Å². The summed E-state index contributed by atoms with van der Waals surface area (Å²) in [4.78, 5) is 0.950. The van der Waals surface area contributed by atoms with E-state index in [4.69, 9.17) is 5.11 Å². The molecule has 8 heteroatoms. The van der Waals surface area contributed by atoms with E-state index in [1.165, 1.54) is 11.8 Å². The number of benzene rings is 1. The van der Waals surface area contributed by atoms with Gasteiger partial charge in [-0.2, -0.15) is 5.10 Å². The molecule has 1 aromatic heterocycles. The van der Waals surface area contributed by atoms with E-state index in [1.54, 1.807) is 25.1 Å². The van der Waals surface area contributed by atoms with Crippen LogP contribution in [-0.2, 0) is 16.6 Å². The molecule has 1 aromatic carbocycles. The zero-order valence-electron chi connectivity index (χ0n) is 11.0. The van der Waals surface area contributed by atoms with Crippen molar-refractivity contribution in [3.8, 4) is 0 Å². The van der Waals surface area contributed by atoms with Crippen molar-refractivity contribution in [3.05, 3.63) is 35.7 Å². The summed E-state index contributed by atoms with van der Waals surface area (Å²) in [5, 5.41) is 15.5. The second-order valence-corrected chi connectivity index (χ2v) is 6.62. The van der Waals surface area contributed by atoms with Crippen molar-refractivity contribution in [1.82, 2.24) is 10.2 Å². The molecule has 0 aliphatic rings. The predicted octanol–water partition coefficient (Wildman–Crippen LogP) is 1.73. The zero-order chi connectivity index (χ0) is 14.8. The third kappa shape index (κ3) is 2.97. The van der Waals surface area contributed by atoms with Crippen molar-refractivity contribution in [3.63, 3.8) is 0 Å². The number of aromatic nitrogens is 2. The SMILES string of the molecule is CSc1cccc(NS(=O)(=O)c2c(CO)n[nH]c2C)c1. The number of anilines is 1. The summed E-state index contributed by atoms with van der Waals surface area (Å²) in [6.45, 7) is 1.16. The van der Waals surface area contributed by atoms with Crippen LogP contribution in [0.4, 0.5) is 5.69 Å². The molecule has 0 bridgehead atoms. The molecule has 2 rings (SSSR count). The maximum Gasteiger partial charge on any atom is 0.265 e. The zero-order valence-corrected chi connectivity index (χ0v) is 12.7. The van der Waals surface area contributed by atoms with E-state index in [1.807, 2.05) is 12.3 Å². The molecule has 0 amide bonds. The first-order valence-electron chi connectivity index (χ1n) is 5.79. The van der Waals surface area contributed by atoms with Gasteiger partial charge in [-0.05, 0) is 31.4 Å². The van der Waals surface area contributed by atoms with Gasteiger partial charge in [-0.1, -0.05) is 6.07 Å². The van der Waals surface area contributed by atoms with Crippen LogP contribution in [0.2, 0.25) is 0 Å². The molecule has 0 aliphatic heterocycles. The van der Waals surface area contributed by atoms with Gasteiger partial charge in [-0.3, -0.25) is 9.82 Å². The predicted molar refractivity (Wildman–Crippen MR) is 78.3 cm³/mol. The van der Waals surface area contributed by atoms with Gasteiger partial charge in [0.25, 0.3) is 10.0 Å². The van der Waals surface area contributed by atoms with Gasteiger partial charge in [0.05, 0.1) is 12.3 Å². The number of nitrogens with zero attached hydrogens (tertiary/aromatic N) is 1. The minimum absolute atomic E-state index is 0.00504. The average Bonchev–Trinajstić information content (AvgIpc) is 2.80. The Morgan fingerprint density at radius 2 is 2.20 bits per heavy atom. The van der Waals surface area contributed by atoms with Gasteiger partial charge in [0.1, 0.15) is 10.6 Å². The fraction of sp³-hybridized carbons (Fsp3) is 0.250. The van der Waals surface area contributed by atoms with Gasteiger partial charge >= 0.3 is 0 Å². The Labute approximate surface area is 121 Å². The summed E-state index contributed by atoms with van der Waals surface area (Å²) in [5.41, 5.74) is 0.972. The van der Waals surface area contributed by atoms with E-state index in [9.17, 15) is 8.42 Å². The van der Waals surface area contributed by atoms with Gasteiger partial charge < -0.3 is 5.11 Å². The Hall–Kier alpha value is -1.51. The van der Waals surface area contributed by atoms with Crippen molar-refractivity contribution in [2.75, 3.05) is 11.0 Å². The lowest BCUT2D eigenvalue weighted by Gasteiger charge is -2.09. The monoisotopic (exact) mass is 313 g/mol. The number of nitrogens with one attached hydrogen (secondary N) is 2. The highest BCUT2D eigenvalue weighted by Gasteiger charge is 2.24. The first-order valence-corrected chi connectivity index (χ1v) is 8.50. The minimum atomic E-state index is -3.78. The molecular weight excluding hydrogens is 298 g/mol. The van der Waals surface area contributed by atoms with Crippen LogP contribution in [0.1, 0.15) is 11.4 Å². The fourth-order valence-corrected chi connectivity index (χ4v) is 3.69. The number of thioether (sulfide) groups is 1. The van der Waals surface area contributed by atoms with Crippen molar-refractivity contribution >= 4 is 27.5 Å². The normalized spacial score (nSPS) is 11.6. The van der Waals surface area contributed by atoms with Gasteiger partial charge in [-0.15, -0.1) is 11.8 Å². The number of aromatic amines is 1. The highest BCUT2D eigenvalue weighted by Crippen LogP contribution is 2.24. The van der Waals surface area contributed by atoms with Crippen molar-refractivity contribution in [1.29, 1.82) is 0 Å². The maximum atomic E-state index is 12.4. The van der Waals surface area contributed by atoms with Gasteiger partial charge in [0.2, 0.25) is 0 Å². The molecule has 0 radical (unpaired) electrons. The Morgan fingerprint density at radius 3 is 2.85 bits per heavy atom. The fourth-order valence-electron chi connectivity index (χ4n) is 1.83. The summed E-state index contributed by atoms with van der Waals surface area (Å²) in [7, 11) is -3.78. The second-order valence-electron chi connectivity index (χ2n) is 4.12. The molecule has 3 N–H and O–H groups in total. The van der Waals surface area contributed by atoms with E-state index in [0.29, 0.717) is 11.4 Å². The van der Waals surface area contributed by atoms with E-state index in [2.05, 4.69) is 14.9 Å². The Kier molecular flexibility index (Phi) is 4.36. The average molecular weight is 313 g/mol. The summed E-state index contributed by atoms with van der Waals surface area (Å²) in [6.07, 6.45) is 1.91. The third-order valence-electron chi connectivity index (χ3n) is 2.70. The molecule has 0 fully saturated rings. The summed E-state index contributed by atoms with van der Waals surface area (Å²) >= 11 is 1.52. The first-order chi connectivity index (χ1) is 9.47. The lowest BCUT2D eigenvalue weighted by molar-refractivity contribution is 0.273. The quantitative estimate of drug-likeness (QED) is 0.731.